The summed E-state index contributed by atoms with van der Waals surface area (Å²) in [4.78, 5) is 15.4. The fraction of sp³-hybridized carbons (Fsp3) is 0.565. The Morgan fingerprint density at radius 1 is 1.28 bits per heavy atom. The number of benzene rings is 1. The largest absolute Gasteiger partial charge is 0.381 e. The molecule has 1 aromatic carbocycles. The van der Waals surface area contributed by atoms with Gasteiger partial charge in [0, 0.05) is 37.5 Å². The van der Waals surface area contributed by atoms with E-state index < -0.39 is 0 Å². The average Bonchev–Trinajstić information content (AvgIpc) is 3.31. The number of amides is 1. The molecule has 6 nitrogen and oxygen atoms in total. The minimum absolute atomic E-state index is 0.0177. The zero-order chi connectivity index (χ0) is 20.3. The minimum Gasteiger partial charge on any atom is -0.381 e. The molecule has 1 unspecified atom stereocenters. The summed E-state index contributed by atoms with van der Waals surface area (Å²) in [6.07, 6.45) is 5.89. The molecule has 156 valence electrons. The van der Waals surface area contributed by atoms with Crippen LogP contribution in [0.2, 0.25) is 0 Å². The van der Waals surface area contributed by atoms with Crippen LogP contribution in [0.5, 0.6) is 0 Å². The molecule has 2 fully saturated rings. The summed E-state index contributed by atoms with van der Waals surface area (Å²) in [6.45, 7) is 8.44. The van der Waals surface area contributed by atoms with Crippen LogP contribution in [0.1, 0.15) is 60.3 Å². The highest BCUT2D eigenvalue weighted by atomic mass is 16.5. The Bertz CT molecular complexity index is 829. The van der Waals surface area contributed by atoms with Gasteiger partial charge in [-0.25, -0.2) is 0 Å². The Morgan fingerprint density at radius 2 is 2.03 bits per heavy atom. The van der Waals surface area contributed by atoms with Gasteiger partial charge >= 0.3 is 0 Å². The number of nitrogens with zero attached hydrogens (tertiary/aromatic N) is 3. The van der Waals surface area contributed by atoms with Crippen LogP contribution in [0.25, 0.3) is 0 Å². The molecule has 4 rings (SSSR count). The Kier molecular flexibility index (Phi) is 6.01. The van der Waals surface area contributed by atoms with E-state index in [4.69, 9.17) is 4.74 Å². The quantitative estimate of drug-likeness (QED) is 0.814. The molecule has 0 saturated carbocycles. The van der Waals surface area contributed by atoms with Crippen molar-refractivity contribution < 1.29 is 9.53 Å². The van der Waals surface area contributed by atoms with Crippen LogP contribution in [0.15, 0.2) is 36.5 Å². The van der Waals surface area contributed by atoms with Gasteiger partial charge < -0.3 is 10.1 Å². The summed E-state index contributed by atoms with van der Waals surface area (Å²) in [5, 5.41) is 7.71. The number of nitrogens with one attached hydrogen (secondary N) is 1. The Balaban J connectivity index is 1.39. The van der Waals surface area contributed by atoms with E-state index >= 15 is 0 Å². The van der Waals surface area contributed by atoms with Crippen molar-refractivity contribution in [3.05, 3.63) is 53.3 Å². The first kappa shape index (κ1) is 20.1. The van der Waals surface area contributed by atoms with Gasteiger partial charge in [0.15, 0.2) is 0 Å². The molecule has 2 aliphatic rings. The van der Waals surface area contributed by atoms with E-state index in [1.807, 2.05) is 11.6 Å². The predicted octanol–water partition coefficient (Wildman–Crippen LogP) is 3.33. The number of hydrogen-bond acceptors (Lipinski definition) is 4. The standard InChI is InChI=1S/C23H32N4O2/c1-18-21(15-25-27(18)20-9-13-29-14-10-20)22(28)24-17-23(2)11-6-12-26(23)16-19-7-4-3-5-8-19/h3-5,7-8,15,20H,6,9-14,16-17H2,1-2H3,(H,24,28). The molecule has 0 radical (unpaired) electrons. The fourth-order valence-corrected chi connectivity index (χ4v) is 4.66. The highest BCUT2D eigenvalue weighted by molar-refractivity contribution is 5.95. The lowest BCUT2D eigenvalue weighted by Crippen LogP contribution is -2.49. The predicted molar refractivity (Wildman–Crippen MR) is 113 cm³/mol. The number of likely N-dealkylation sites (tertiary alicyclic amines) is 1. The van der Waals surface area contributed by atoms with Gasteiger partial charge in [-0.3, -0.25) is 14.4 Å². The van der Waals surface area contributed by atoms with Crippen molar-refractivity contribution in [2.45, 2.75) is 57.7 Å². The molecular weight excluding hydrogens is 364 g/mol. The smallest absolute Gasteiger partial charge is 0.254 e. The monoisotopic (exact) mass is 396 g/mol. The van der Waals surface area contributed by atoms with Crippen molar-refractivity contribution in [3.8, 4) is 0 Å². The van der Waals surface area contributed by atoms with E-state index in [1.54, 1.807) is 6.20 Å². The first-order valence-electron chi connectivity index (χ1n) is 10.8. The molecule has 0 bridgehead atoms. The molecule has 1 amide bonds. The number of ether oxygens (including phenoxy) is 1. The minimum atomic E-state index is -0.0198. The van der Waals surface area contributed by atoms with Crippen LogP contribution >= 0.6 is 0 Å². The van der Waals surface area contributed by atoms with Gasteiger partial charge in [0.2, 0.25) is 0 Å². The van der Waals surface area contributed by atoms with E-state index in [2.05, 4.69) is 52.6 Å². The molecule has 0 spiro atoms. The number of hydrogen-bond donors (Lipinski definition) is 1. The molecule has 2 aromatic rings. The third-order valence-electron chi connectivity index (χ3n) is 6.58. The molecule has 2 saturated heterocycles. The highest BCUT2D eigenvalue weighted by Crippen LogP contribution is 2.30. The van der Waals surface area contributed by atoms with Gasteiger partial charge in [0.25, 0.3) is 5.91 Å². The molecule has 29 heavy (non-hydrogen) atoms. The number of aromatic nitrogens is 2. The second-order valence-electron chi connectivity index (χ2n) is 8.62. The zero-order valence-electron chi connectivity index (χ0n) is 17.6. The topological polar surface area (TPSA) is 59.4 Å². The summed E-state index contributed by atoms with van der Waals surface area (Å²) in [7, 11) is 0. The lowest BCUT2D eigenvalue weighted by atomic mass is 9.98. The first-order chi connectivity index (χ1) is 14.1. The summed E-state index contributed by atoms with van der Waals surface area (Å²) in [5.74, 6) is -0.0198. The molecule has 1 aromatic heterocycles. The van der Waals surface area contributed by atoms with E-state index in [0.29, 0.717) is 18.2 Å². The van der Waals surface area contributed by atoms with E-state index in [1.165, 1.54) is 12.0 Å². The molecule has 3 heterocycles. The van der Waals surface area contributed by atoms with Crippen molar-refractivity contribution in [2.24, 2.45) is 0 Å². The highest BCUT2D eigenvalue weighted by Gasteiger charge is 2.37. The molecule has 1 N–H and O–H groups in total. The lowest BCUT2D eigenvalue weighted by Gasteiger charge is -2.35. The normalized spacial score (nSPS) is 23.4. The average molecular weight is 397 g/mol. The Morgan fingerprint density at radius 3 is 2.79 bits per heavy atom. The van der Waals surface area contributed by atoms with Gasteiger partial charge in [0.1, 0.15) is 0 Å². The summed E-state index contributed by atoms with van der Waals surface area (Å²) < 4.78 is 7.46. The van der Waals surface area contributed by atoms with E-state index in [9.17, 15) is 4.79 Å². The van der Waals surface area contributed by atoms with Crippen LogP contribution in [0.4, 0.5) is 0 Å². The van der Waals surface area contributed by atoms with Crippen molar-refractivity contribution in [1.29, 1.82) is 0 Å². The van der Waals surface area contributed by atoms with Crippen LogP contribution in [0, 0.1) is 6.92 Å². The van der Waals surface area contributed by atoms with Crippen LogP contribution in [0.3, 0.4) is 0 Å². The first-order valence-corrected chi connectivity index (χ1v) is 10.8. The van der Waals surface area contributed by atoms with Gasteiger partial charge in [0.05, 0.1) is 17.8 Å². The van der Waals surface area contributed by atoms with Gasteiger partial charge in [-0.2, -0.15) is 5.10 Å². The maximum absolute atomic E-state index is 12.9. The van der Waals surface area contributed by atoms with E-state index in [-0.39, 0.29) is 11.4 Å². The number of carbonyl (C=O) groups is 1. The van der Waals surface area contributed by atoms with Crippen LogP contribution in [-0.2, 0) is 11.3 Å². The SMILES string of the molecule is Cc1c(C(=O)NCC2(C)CCCN2Cc2ccccc2)cnn1C1CCOCC1. The van der Waals surface area contributed by atoms with Gasteiger partial charge in [-0.1, -0.05) is 30.3 Å². The van der Waals surface area contributed by atoms with E-state index in [0.717, 1.165) is 51.3 Å². The third-order valence-corrected chi connectivity index (χ3v) is 6.58. The Labute approximate surface area is 173 Å². The second-order valence-corrected chi connectivity index (χ2v) is 8.62. The van der Waals surface area contributed by atoms with Crippen molar-refractivity contribution >= 4 is 5.91 Å². The molecular formula is C23H32N4O2. The summed E-state index contributed by atoms with van der Waals surface area (Å²) >= 11 is 0. The zero-order valence-corrected chi connectivity index (χ0v) is 17.6. The lowest BCUT2D eigenvalue weighted by molar-refractivity contribution is 0.0656. The van der Waals surface area contributed by atoms with Gasteiger partial charge in [-0.05, 0) is 51.6 Å². The van der Waals surface area contributed by atoms with Gasteiger partial charge in [-0.15, -0.1) is 0 Å². The van der Waals surface area contributed by atoms with Crippen molar-refractivity contribution in [2.75, 3.05) is 26.3 Å². The van der Waals surface area contributed by atoms with Crippen LogP contribution < -0.4 is 5.32 Å². The maximum Gasteiger partial charge on any atom is 0.254 e. The summed E-state index contributed by atoms with van der Waals surface area (Å²) in [6, 6.07) is 10.9. The van der Waals surface area contributed by atoms with Crippen molar-refractivity contribution in [1.82, 2.24) is 20.0 Å². The molecule has 2 aliphatic heterocycles. The van der Waals surface area contributed by atoms with Crippen LogP contribution in [-0.4, -0.2) is 52.4 Å². The second kappa shape index (κ2) is 8.67. The Hall–Kier alpha value is -2.18. The van der Waals surface area contributed by atoms with Crippen molar-refractivity contribution in [3.63, 3.8) is 0 Å². The summed E-state index contributed by atoms with van der Waals surface area (Å²) in [5.41, 5.74) is 2.94. The molecule has 1 atom stereocenters. The molecule has 6 heteroatoms. The maximum atomic E-state index is 12.9. The third kappa shape index (κ3) is 4.38. The number of rotatable bonds is 6. The molecule has 0 aliphatic carbocycles. The fourth-order valence-electron chi connectivity index (χ4n) is 4.66. The number of carbonyl (C=O) groups excluding carboxylic acids is 1.